The standard InChI is InChI=1S/C21H19F2N3O2/c1-21(2,20(28)24-13-14-3-7-16(22)8-4-14)26-19(27)12-11-18(25-26)15-5-9-17(23)10-6-15/h3-12H,13H2,1-2H3,(H,24,28). The lowest BCUT2D eigenvalue weighted by Gasteiger charge is -2.25. The minimum absolute atomic E-state index is 0.189. The zero-order chi connectivity index (χ0) is 20.3. The number of hydrogen-bond donors (Lipinski definition) is 1. The van der Waals surface area contributed by atoms with E-state index in [9.17, 15) is 18.4 Å². The van der Waals surface area contributed by atoms with Crippen LogP contribution < -0.4 is 10.9 Å². The van der Waals surface area contributed by atoms with Crippen molar-refractivity contribution in [2.75, 3.05) is 0 Å². The number of carbonyl (C=O) groups excluding carboxylic acids is 1. The molecule has 0 aliphatic heterocycles. The van der Waals surface area contributed by atoms with Crippen molar-refractivity contribution in [3.63, 3.8) is 0 Å². The summed E-state index contributed by atoms with van der Waals surface area (Å²) in [6.45, 7) is 3.35. The van der Waals surface area contributed by atoms with Crippen molar-refractivity contribution in [2.24, 2.45) is 0 Å². The highest BCUT2D eigenvalue weighted by Crippen LogP contribution is 2.18. The minimum atomic E-state index is -1.27. The molecule has 5 nitrogen and oxygen atoms in total. The van der Waals surface area contributed by atoms with Gasteiger partial charge in [0.1, 0.15) is 17.2 Å². The quantitative estimate of drug-likeness (QED) is 0.736. The van der Waals surface area contributed by atoms with Crippen LogP contribution in [-0.2, 0) is 16.9 Å². The SMILES string of the molecule is CC(C)(C(=O)NCc1ccc(F)cc1)n1nc(-c2ccc(F)cc2)ccc1=O. The molecule has 144 valence electrons. The van der Waals surface area contributed by atoms with Crippen LogP contribution in [0.15, 0.2) is 65.5 Å². The van der Waals surface area contributed by atoms with Gasteiger partial charge in [-0.1, -0.05) is 12.1 Å². The molecule has 7 heteroatoms. The van der Waals surface area contributed by atoms with Gasteiger partial charge in [0, 0.05) is 18.2 Å². The monoisotopic (exact) mass is 383 g/mol. The summed E-state index contributed by atoms with van der Waals surface area (Å²) in [4.78, 5) is 25.1. The second-order valence-electron chi connectivity index (χ2n) is 6.84. The van der Waals surface area contributed by atoms with Crippen LogP contribution in [0.25, 0.3) is 11.3 Å². The molecule has 1 heterocycles. The van der Waals surface area contributed by atoms with E-state index in [2.05, 4.69) is 10.4 Å². The van der Waals surface area contributed by atoms with Gasteiger partial charge in [-0.3, -0.25) is 9.59 Å². The summed E-state index contributed by atoms with van der Waals surface area (Å²) >= 11 is 0. The summed E-state index contributed by atoms with van der Waals surface area (Å²) in [7, 11) is 0. The third-order valence-corrected chi connectivity index (χ3v) is 4.39. The number of halogens is 2. The summed E-state index contributed by atoms with van der Waals surface area (Å²) < 4.78 is 27.2. The molecule has 0 aliphatic rings. The first-order valence-corrected chi connectivity index (χ1v) is 8.67. The maximum absolute atomic E-state index is 13.1. The Morgan fingerprint density at radius 1 is 0.964 bits per heavy atom. The van der Waals surface area contributed by atoms with Gasteiger partial charge in [-0.05, 0) is 61.9 Å². The summed E-state index contributed by atoms with van der Waals surface area (Å²) in [6.07, 6.45) is 0. The van der Waals surface area contributed by atoms with Crippen LogP contribution in [0.5, 0.6) is 0 Å². The van der Waals surface area contributed by atoms with Gasteiger partial charge >= 0.3 is 0 Å². The molecule has 3 rings (SSSR count). The average Bonchev–Trinajstić information content (AvgIpc) is 2.68. The van der Waals surface area contributed by atoms with Crippen molar-refractivity contribution in [1.82, 2.24) is 15.1 Å². The lowest BCUT2D eigenvalue weighted by Crippen LogP contribution is -2.49. The summed E-state index contributed by atoms with van der Waals surface area (Å²) in [5, 5.41) is 7.04. The number of carbonyl (C=O) groups is 1. The number of hydrogen-bond acceptors (Lipinski definition) is 3. The molecule has 0 spiro atoms. The molecule has 0 atom stereocenters. The van der Waals surface area contributed by atoms with Crippen molar-refractivity contribution in [1.29, 1.82) is 0 Å². The van der Waals surface area contributed by atoms with E-state index < -0.39 is 17.0 Å². The molecule has 0 unspecified atom stereocenters. The molecule has 0 saturated heterocycles. The van der Waals surface area contributed by atoms with Gasteiger partial charge in [-0.15, -0.1) is 0 Å². The van der Waals surface area contributed by atoms with E-state index in [1.807, 2.05) is 0 Å². The third-order valence-electron chi connectivity index (χ3n) is 4.39. The Morgan fingerprint density at radius 3 is 2.14 bits per heavy atom. The largest absolute Gasteiger partial charge is 0.350 e. The molecular formula is C21H19F2N3O2. The molecule has 0 radical (unpaired) electrons. The van der Waals surface area contributed by atoms with E-state index in [4.69, 9.17) is 0 Å². The molecule has 2 aromatic carbocycles. The Hall–Kier alpha value is -3.35. The Balaban J connectivity index is 1.84. The van der Waals surface area contributed by atoms with E-state index in [1.165, 1.54) is 36.4 Å². The highest BCUT2D eigenvalue weighted by molar-refractivity contribution is 5.83. The Kier molecular flexibility index (Phi) is 5.35. The van der Waals surface area contributed by atoms with E-state index in [1.54, 1.807) is 38.1 Å². The molecule has 0 bridgehead atoms. The number of benzene rings is 2. The molecule has 3 aromatic rings. The van der Waals surface area contributed by atoms with Crippen LogP contribution in [0.3, 0.4) is 0 Å². The maximum atomic E-state index is 13.1. The second kappa shape index (κ2) is 7.72. The Labute approximate surface area is 160 Å². The van der Waals surface area contributed by atoms with Crippen LogP contribution in [0.1, 0.15) is 19.4 Å². The molecule has 1 amide bonds. The van der Waals surface area contributed by atoms with Crippen molar-refractivity contribution in [2.45, 2.75) is 25.9 Å². The highest BCUT2D eigenvalue weighted by atomic mass is 19.1. The fourth-order valence-electron chi connectivity index (χ4n) is 2.68. The first-order valence-electron chi connectivity index (χ1n) is 8.67. The fraction of sp³-hybridized carbons (Fsp3) is 0.190. The van der Waals surface area contributed by atoms with E-state index in [0.717, 1.165) is 10.2 Å². The predicted octanol–water partition coefficient (Wildman–Crippen LogP) is 3.24. The minimum Gasteiger partial charge on any atom is -0.350 e. The summed E-state index contributed by atoms with van der Waals surface area (Å²) in [6, 6.07) is 14.3. The topological polar surface area (TPSA) is 64.0 Å². The van der Waals surface area contributed by atoms with Crippen LogP contribution in [-0.4, -0.2) is 15.7 Å². The number of aromatic nitrogens is 2. The first-order chi connectivity index (χ1) is 13.3. The fourth-order valence-corrected chi connectivity index (χ4v) is 2.68. The van der Waals surface area contributed by atoms with Gasteiger partial charge in [0.25, 0.3) is 5.56 Å². The van der Waals surface area contributed by atoms with Gasteiger partial charge in [0.15, 0.2) is 0 Å². The molecule has 28 heavy (non-hydrogen) atoms. The van der Waals surface area contributed by atoms with Crippen molar-refractivity contribution in [3.05, 3.63) is 88.2 Å². The Morgan fingerprint density at radius 2 is 1.54 bits per heavy atom. The Bertz CT molecular complexity index is 1040. The molecule has 1 aromatic heterocycles. The highest BCUT2D eigenvalue weighted by Gasteiger charge is 2.32. The van der Waals surface area contributed by atoms with Gasteiger partial charge in [-0.25, -0.2) is 13.5 Å². The van der Waals surface area contributed by atoms with Crippen molar-refractivity contribution >= 4 is 5.91 Å². The molecule has 1 N–H and O–H groups in total. The zero-order valence-electron chi connectivity index (χ0n) is 15.4. The third kappa shape index (κ3) is 4.14. The number of amides is 1. The maximum Gasteiger partial charge on any atom is 0.267 e. The smallest absolute Gasteiger partial charge is 0.267 e. The lowest BCUT2D eigenvalue weighted by molar-refractivity contribution is -0.129. The normalized spacial score (nSPS) is 11.3. The predicted molar refractivity (Wildman–Crippen MR) is 101 cm³/mol. The van der Waals surface area contributed by atoms with Gasteiger partial charge < -0.3 is 5.32 Å². The number of rotatable bonds is 5. The molecule has 0 fully saturated rings. The van der Waals surface area contributed by atoms with Crippen LogP contribution >= 0.6 is 0 Å². The molecule has 0 saturated carbocycles. The van der Waals surface area contributed by atoms with Gasteiger partial charge in [0.2, 0.25) is 5.91 Å². The van der Waals surface area contributed by atoms with Crippen molar-refractivity contribution < 1.29 is 13.6 Å². The lowest BCUT2D eigenvalue weighted by atomic mass is 10.0. The number of nitrogens with one attached hydrogen (secondary N) is 1. The molecular weight excluding hydrogens is 364 g/mol. The van der Waals surface area contributed by atoms with Crippen LogP contribution in [0.4, 0.5) is 8.78 Å². The zero-order valence-corrected chi connectivity index (χ0v) is 15.4. The summed E-state index contributed by atoms with van der Waals surface area (Å²) in [5.74, 6) is -1.15. The second-order valence-corrected chi connectivity index (χ2v) is 6.84. The van der Waals surface area contributed by atoms with Gasteiger partial charge in [0.05, 0.1) is 5.69 Å². The van der Waals surface area contributed by atoms with Crippen LogP contribution in [0, 0.1) is 11.6 Å². The molecule has 0 aliphatic carbocycles. The van der Waals surface area contributed by atoms with E-state index in [0.29, 0.717) is 11.3 Å². The van der Waals surface area contributed by atoms with Crippen LogP contribution in [0.2, 0.25) is 0 Å². The van der Waals surface area contributed by atoms with Gasteiger partial charge in [-0.2, -0.15) is 5.10 Å². The van der Waals surface area contributed by atoms with E-state index >= 15 is 0 Å². The van der Waals surface area contributed by atoms with E-state index in [-0.39, 0.29) is 18.2 Å². The first kappa shape index (κ1) is 19.4. The van der Waals surface area contributed by atoms with Crippen molar-refractivity contribution in [3.8, 4) is 11.3 Å². The number of nitrogens with zero attached hydrogens (tertiary/aromatic N) is 2. The average molecular weight is 383 g/mol. The summed E-state index contributed by atoms with van der Waals surface area (Å²) in [5.41, 5.74) is 0.0862.